The second-order valence-corrected chi connectivity index (χ2v) is 5.92. The standard InChI is InChI=1S/C13H22N4O2/c1-5-9-8(6-7-14-9)10-11(16-17-15-10)12(18)19-13(2,3)4/h8-9,14H,5-7H2,1-4H3,(H,15,16,17). The van der Waals surface area contributed by atoms with Gasteiger partial charge in [-0.2, -0.15) is 10.3 Å². The fourth-order valence-corrected chi connectivity index (χ4v) is 2.50. The van der Waals surface area contributed by atoms with E-state index < -0.39 is 11.6 Å². The van der Waals surface area contributed by atoms with Gasteiger partial charge < -0.3 is 10.1 Å². The molecule has 19 heavy (non-hydrogen) atoms. The summed E-state index contributed by atoms with van der Waals surface area (Å²) in [7, 11) is 0. The van der Waals surface area contributed by atoms with E-state index in [9.17, 15) is 4.79 Å². The Labute approximate surface area is 113 Å². The highest BCUT2D eigenvalue weighted by Crippen LogP contribution is 2.30. The van der Waals surface area contributed by atoms with Crippen LogP contribution >= 0.6 is 0 Å². The number of H-pyrrole nitrogens is 1. The Kier molecular flexibility index (Phi) is 3.89. The van der Waals surface area contributed by atoms with E-state index in [1.165, 1.54) is 0 Å². The highest BCUT2D eigenvalue weighted by atomic mass is 16.6. The minimum absolute atomic E-state index is 0.228. The van der Waals surface area contributed by atoms with Crippen molar-refractivity contribution in [3.8, 4) is 0 Å². The van der Waals surface area contributed by atoms with Crippen LogP contribution in [0.1, 0.15) is 62.6 Å². The number of nitrogens with zero attached hydrogens (tertiary/aromatic N) is 2. The molecular formula is C13H22N4O2. The van der Waals surface area contributed by atoms with E-state index in [1.54, 1.807) is 0 Å². The molecule has 1 fully saturated rings. The van der Waals surface area contributed by atoms with Gasteiger partial charge in [0.25, 0.3) is 0 Å². The van der Waals surface area contributed by atoms with Crippen LogP contribution in [0.2, 0.25) is 0 Å². The molecule has 1 aromatic rings. The number of hydrogen-bond acceptors (Lipinski definition) is 5. The molecule has 1 saturated heterocycles. The molecule has 2 rings (SSSR count). The van der Waals surface area contributed by atoms with Crippen LogP contribution in [0.3, 0.4) is 0 Å². The lowest BCUT2D eigenvalue weighted by molar-refractivity contribution is 0.00609. The van der Waals surface area contributed by atoms with E-state index in [-0.39, 0.29) is 5.92 Å². The van der Waals surface area contributed by atoms with E-state index in [2.05, 4.69) is 27.7 Å². The second kappa shape index (κ2) is 5.28. The Morgan fingerprint density at radius 2 is 2.16 bits per heavy atom. The number of carbonyl (C=O) groups excluding carboxylic acids is 1. The third kappa shape index (κ3) is 3.12. The van der Waals surface area contributed by atoms with Crippen LogP contribution in [-0.4, -0.2) is 39.6 Å². The predicted molar refractivity (Wildman–Crippen MR) is 71.0 cm³/mol. The van der Waals surface area contributed by atoms with Crippen molar-refractivity contribution in [1.29, 1.82) is 0 Å². The quantitative estimate of drug-likeness (QED) is 0.813. The molecule has 2 heterocycles. The van der Waals surface area contributed by atoms with Crippen molar-refractivity contribution in [2.24, 2.45) is 0 Å². The molecule has 2 atom stereocenters. The summed E-state index contributed by atoms with van der Waals surface area (Å²) in [5, 5.41) is 14.1. The number of nitrogens with one attached hydrogen (secondary N) is 2. The van der Waals surface area contributed by atoms with Gasteiger partial charge in [-0.1, -0.05) is 6.92 Å². The average Bonchev–Trinajstić information content (AvgIpc) is 2.94. The second-order valence-electron chi connectivity index (χ2n) is 5.92. The third-order valence-corrected chi connectivity index (χ3v) is 3.31. The normalized spacial score (nSPS) is 23.6. The Morgan fingerprint density at radius 3 is 2.79 bits per heavy atom. The lowest BCUT2D eigenvalue weighted by Gasteiger charge is -2.20. The van der Waals surface area contributed by atoms with Gasteiger partial charge in [0.05, 0.1) is 0 Å². The summed E-state index contributed by atoms with van der Waals surface area (Å²) < 4.78 is 5.37. The van der Waals surface area contributed by atoms with E-state index in [0.29, 0.717) is 11.7 Å². The molecule has 0 bridgehead atoms. The Balaban J connectivity index is 2.20. The van der Waals surface area contributed by atoms with Gasteiger partial charge in [0.2, 0.25) is 0 Å². The summed E-state index contributed by atoms with van der Waals surface area (Å²) in [6, 6.07) is 0.353. The van der Waals surface area contributed by atoms with Gasteiger partial charge in [0.1, 0.15) is 11.3 Å². The maximum Gasteiger partial charge on any atom is 0.361 e. The van der Waals surface area contributed by atoms with Crippen molar-refractivity contribution in [2.45, 2.75) is 58.1 Å². The lowest BCUT2D eigenvalue weighted by atomic mass is 9.94. The van der Waals surface area contributed by atoms with Crippen molar-refractivity contribution in [3.63, 3.8) is 0 Å². The molecule has 1 aliphatic rings. The van der Waals surface area contributed by atoms with E-state index in [4.69, 9.17) is 4.74 Å². The topological polar surface area (TPSA) is 79.9 Å². The minimum Gasteiger partial charge on any atom is -0.455 e. The zero-order chi connectivity index (χ0) is 14.0. The minimum atomic E-state index is -0.522. The highest BCUT2D eigenvalue weighted by molar-refractivity contribution is 5.88. The van der Waals surface area contributed by atoms with Crippen molar-refractivity contribution >= 4 is 5.97 Å². The number of carbonyl (C=O) groups is 1. The van der Waals surface area contributed by atoms with Gasteiger partial charge in [-0.25, -0.2) is 4.79 Å². The van der Waals surface area contributed by atoms with Gasteiger partial charge in [0.15, 0.2) is 5.69 Å². The van der Waals surface area contributed by atoms with Crippen LogP contribution < -0.4 is 5.32 Å². The smallest absolute Gasteiger partial charge is 0.361 e. The summed E-state index contributed by atoms with van der Waals surface area (Å²) in [6.45, 7) is 8.61. The summed E-state index contributed by atoms with van der Waals surface area (Å²) >= 11 is 0. The summed E-state index contributed by atoms with van der Waals surface area (Å²) in [5.74, 6) is -0.177. The van der Waals surface area contributed by atoms with Crippen LogP contribution in [-0.2, 0) is 4.74 Å². The summed E-state index contributed by atoms with van der Waals surface area (Å²) in [4.78, 5) is 12.1. The van der Waals surface area contributed by atoms with Crippen LogP contribution in [0.15, 0.2) is 0 Å². The summed E-state index contributed by atoms with van der Waals surface area (Å²) in [6.07, 6.45) is 1.98. The highest BCUT2D eigenvalue weighted by Gasteiger charge is 2.34. The Bertz CT molecular complexity index is 450. The molecule has 0 radical (unpaired) electrons. The molecule has 0 aromatic carbocycles. The molecule has 1 aromatic heterocycles. The zero-order valence-corrected chi connectivity index (χ0v) is 12.0. The van der Waals surface area contributed by atoms with Gasteiger partial charge in [-0.05, 0) is 40.2 Å². The maximum atomic E-state index is 12.1. The van der Waals surface area contributed by atoms with Crippen LogP contribution in [0.5, 0.6) is 0 Å². The van der Waals surface area contributed by atoms with Crippen molar-refractivity contribution in [3.05, 3.63) is 11.4 Å². The number of aromatic nitrogens is 3. The molecule has 0 saturated carbocycles. The van der Waals surface area contributed by atoms with Gasteiger partial charge in [-0.3, -0.25) is 0 Å². The van der Waals surface area contributed by atoms with Gasteiger partial charge in [0, 0.05) is 12.0 Å². The molecule has 1 aliphatic heterocycles. The molecule has 106 valence electrons. The molecule has 0 spiro atoms. The maximum absolute atomic E-state index is 12.1. The molecule has 0 aliphatic carbocycles. The first-order chi connectivity index (χ1) is 8.92. The first-order valence-electron chi connectivity index (χ1n) is 6.79. The van der Waals surface area contributed by atoms with Crippen molar-refractivity contribution in [1.82, 2.24) is 20.7 Å². The third-order valence-electron chi connectivity index (χ3n) is 3.31. The zero-order valence-electron chi connectivity index (χ0n) is 12.0. The van der Waals surface area contributed by atoms with Crippen molar-refractivity contribution in [2.75, 3.05) is 6.54 Å². The monoisotopic (exact) mass is 266 g/mol. The molecule has 2 unspecified atom stereocenters. The average molecular weight is 266 g/mol. The number of hydrogen-bond donors (Lipinski definition) is 2. The Hall–Kier alpha value is -1.43. The number of rotatable bonds is 3. The first kappa shape index (κ1) is 14.0. The number of ether oxygens (including phenoxy) is 1. The number of aromatic amines is 1. The molecule has 6 heteroatoms. The summed E-state index contributed by atoms with van der Waals surface area (Å²) in [5.41, 5.74) is 0.527. The Morgan fingerprint density at radius 1 is 1.42 bits per heavy atom. The number of esters is 1. The lowest BCUT2D eigenvalue weighted by Crippen LogP contribution is -2.28. The molecule has 0 amide bonds. The van der Waals surface area contributed by atoms with E-state index in [1.807, 2.05) is 20.8 Å². The molecule has 6 nitrogen and oxygen atoms in total. The predicted octanol–water partition coefficient (Wildman–Crippen LogP) is 1.62. The largest absolute Gasteiger partial charge is 0.455 e. The molecule has 2 N–H and O–H groups in total. The van der Waals surface area contributed by atoms with E-state index >= 15 is 0 Å². The first-order valence-corrected chi connectivity index (χ1v) is 6.79. The van der Waals surface area contributed by atoms with E-state index in [0.717, 1.165) is 25.1 Å². The van der Waals surface area contributed by atoms with Gasteiger partial charge >= 0.3 is 5.97 Å². The van der Waals surface area contributed by atoms with Crippen LogP contribution in [0.25, 0.3) is 0 Å². The fraction of sp³-hybridized carbons (Fsp3) is 0.769. The fourth-order valence-electron chi connectivity index (χ4n) is 2.50. The van der Waals surface area contributed by atoms with Crippen LogP contribution in [0, 0.1) is 0 Å². The SMILES string of the molecule is CCC1NCCC1c1n[nH]nc1C(=O)OC(C)(C)C. The van der Waals surface area contributed by atoms with Crippen molar-refractivity contribution < 1.29 is 9.53 Å². The molecular weight excluding hydrogens is 244 g/mol. The van der Waals surface area contributed by atoms with Crippen LogP contribution in [0.4, 0.5) is 0 Å². The van der Waals surface area contributed by atoms with Gasteiger partial charge in [-0.15, -0.1) is 5.10 Å².